The van der Waals surface area contributed by atoms with Crippen molar-refractivity contribution >= 4 is 18.1 Å². The zero-order chi connectivity index (χ0) is 14.7. The first-order valence-electron chi connectivity index (χ1n) is 7.09. The lowest BCUT2D eigenvalue weighted by Gasteiger charge is -2.26. The maximum absolute atomic E-state index is 12.4. The van der Waals surface area contributed by atoms with Crippen LogP contribution >= 0.6 is 12.2 Å². The van der Waals surface area contributed by atoms with E-state index in [4.69, 9.17) is 12.2 Å². The lowest BCUT2D eigenvalue weighted by molar-refractivity contribution is -0.132. The molecule has 110 valence electrons. The van der Waals surface area contributed by atoms with Crippen molar-refractivity contribution in [3.63, 3.8) is 0 Å². The van der Waals surface area contributed by atoms with Crippen molar-refractivity contribution in [2.75, 3.05) is 13.1 Å². The van der Waals surface area contributed by atoms with Crippen LogP contribution in [0.3, 0.4) is 0 Å². The van der Waals surface area contributed by atoms with Crippen molar-refractivity contribution in [2.24, 2.45) is 0 Å². The highest BCUT2D eigenvalue weighted by atomic mass is 32.1. The number of carbonyl (C=O) groups is 1. The van der Waals surface area contributed by atoms with E-state index in [1.807, 2.05) is 17.0 Å². The Morgan fingerprint density at radius 1 is 1.24 bits per heavy atom. The molecule has 1 saturated heterocycles. The van der Waals surface area contributed by atoms with Gasteiger partial charge in [-0.05, 0) is 43.6 Å². The van der Waals surface area contributed by atoms with Gasteiger partial charge >= 0.3 is 0 Å². The van der Waals surface area contributed by atoms with E-state index >= 15 is 0 Å². The van der Waals surface area contributed by atoms with Gasteiger partial charge in [-0.1, -0.05) is 0 Å². The van der Waals surface area contributed by atoms with E-state index in [-0.39, 0.29) is 12.5 Å². The van der Waals surface area contributed by atoms with Crippen LogP contribution in [0.4, 0.5) is 0 Å². The molecule has 1 fully saturated rings. The standard InChI is InChI=1S/C14H17N5OS/c20-12(18-8-2-1-3-9-18)10-19-13(16-17-14(19)21)11-4-6-15-7-5-11/h4-7H,1-3,8-10H2,(H,17,21). The van der Waals surface area contributed by atoms with Gasteiger partial charge in [0.25, 0.3) is 0 Å². The number of hydrogen-bond donors (Lipinski definition) is 1. The fourth-order valence-corrected chi connectivity index (χ4v) is 2.76. The lowest BCUT2D eigenvalue weighted by atomic mass is 10.1. The highest BCUT2D eigenvalue weighted by molar-refractivity contribution is 7.71. The molecule has 21 heavy (non-hydrogen) atoms. The predicted octanol–water partition coefficient (Wildman–Crippen LogP) is 2.02. The number of likely N-dealkylation sites (tertiary alicyclic amines) is 1. The van der Waals surface area contributed by atoms with Crippen LogP contribution < -0.4 is 0 Å². The Morgan fingerprint density at radius 3 is 2.67 bits per heavy atom. The molecular formula is C14H17N5OS. The van der Waals surface area contributed by atoms with Crippen LogP contribution in [-0.4, -0.2) is 43.6 Å². The molecule has 6 nitrogen and oxygen atoms in total. The number of amides is 1. The number of pyridine rings is 1. The molecule has 2 aromatic rings. The van der Waals surface area contributed by atoms with Gasteiger partial charge in [0.05, 0.1) is 0 Å². The number of carbonyl (C=O) groups excluding carboxylic acids is 1. The summed E-state index contributed by atoms with van der Waals surface area (Å²) < 4.78 is 2.22. The Bertz CT molecular complexity index is 672. The fourth-order valence-electron chi connectivity index (χ4n) is 2.56. The Balaban J connectivity index is 1.84. The number of piperidine rings is 1. The molecule has 0 saturated carbocycles. The molecule has 1 N–H and O–H groups in total. The summed E-state index contributed by atoms with van der Waals surface area (Å²) in [5.41, 5.74) is 0.892. The quantitative estimate of drug-likeness (QED) is 0.881. The van der Waals surface area contributed by atoms with E-state index in [1.165, 1.54) is 6.42 Å². The molecule has 2 aromatic heterocycles. The minimum Gasteiger partial charge on any atom is -0.341 e. The molecule has 0 atom stereocenters. The number of H-pyrrole nitrogens is 1. The summed E-state index contributed by atoms with van der Waals surface area (Å²) in [6, 6.07) is 3.71. The molecule has 1 amide bonds. The third-order valence-electron chi connectivity index (χ3n) is 3.70. The molecule has 0 aliphatic carbocycles. The second kappa shape index (κ2) is 6.17. The summed E-state index contributed by atoms with van der Waals surface area (Å²) in [4.78, 5) is 18.3. The molecule has 7 heteroatoms. The average molecular weight is 303 g/mol. The topological polar surface area (TPSA) is 66.8 Å². The Hall–Kier alpha value is -2.02. The van der Waals surface area contributed by atoms with Crippen molar-refractivity contribution in [2.45, 2.75) is 25.8 Å². The number of nitrogens with one attached hydrogen (secondary N) is 1. The van der Waals surface area contributed by atoms with E-state index < -0.39 is 0 Å². The normalized spacial score (nSPS) is 15.1. The monoisotopic (exact) mass is 303 g/mol. The first kappa shape index (κ1) is 13.9. The van der Waals surface area contributed by atoms with Crippen LogP contribution in [0.25, 0.3) is 11.4 Å². The first-order chi connectivity index (χ1) is 10.3. The second-order valence-corrected chi connectivity index (χ2v) is 5.50. The van der Waals surface area contributed by atoms with Gasteiger partial charge in [-0.2, -0.15) is 5.10 Å². The zero-order valence-corrected chi connectivity index (χ0v) is 12.5. The Morgan fingerprint density at radius 2 is 1.95 bits per heavy atom. The van der Waals surface area contributed by atoms with Crippen LogP contribution in [-0.2, 0) is 11.3 Å². The van der Waals surface area contributed by atoms with Crippen LogP contribution in [0, 0.1) is 4.77 Å². The third-order valence-corrected chi connectivity index (χ3v) is 4.01. The lowest BCUT2D eigenvalue weighted by Crippen LogP contribution is -2.37. The van der Waals surface area contributed by atoms with Crippen LogP contribution in [0.2, 0.25) is 0 Å². The molecule has 3 heterocycles. The molecule has 0 unspecified atom stereocenters. The van der Waals surface area contributed by atoms with Crippen LogP contribution in [0.15, 0.2) is 24.5 Å². The number of nitrogens with zero attached hydrogens (tertiary/aromatic N) is 4. The fraction of sp³-hybridized carbons (Fsp3) is 0.429. The summed E-state index contributed by atoms with van der Waals surface area (Å²) in [7, 11) is 0. The van der Waals surface area contributed by atoms with Gasteiger partial charge < -0.3 is 4.90 Å². The molecule has 1 aliphatic heterocycles. The summed E-state index contributed by atoms with van der Waals surface area (Å²) in [5, 5.41) is 7.00. The van der Waals surface area contributed by atoms with Crippen molar-refractivity contribution in [1.82, 2.24) is 24.6 Å². The third kappa shape index (κ3) is 3.02. The van der Waals surface area contributed by atoms with Gasteiger partial charge in [0.1, 0.15) is 6.54 Å². The van der Waals surface area contributed by atoms with Crippen molar-refractivity contribution in [1.29, 1.82) is 0 Å². The van der Waals surface area contributed by atoms with E-state index in [2.05, 4.69) is 15.2 Å². The number of rotatable bonds is 3. The van der Waals surface area contributed by atoms with Gasteiger partial charge in [0.2, 0.25) is 5.91 Å². The van der Waals surface area contributed by atoms with Gasteiger partial charge in [-0.25, -0.2) is 0 Å². The Labute approximate surface area is 127 Å². The largest absolute Gasteiger partial charge is 0.341 e. The maximum atomic E-state index is 12.4. The molecule has 0 bridgehead atoms. The Kier molecular flexibility index (Phi) is 4.10. The maximum Gasteiger partial charge on any atom is 0.242 e. The highest BCUT2D eigenvalue weighted by Crippen LogP contribution is 2.17. The summed E-state index contributed by atoms with van der Waals surface area (Å²) in [5.74, 6) is 0.773. The van der Waals surface area contributed by atoms with Gasteiger partial charge in [0, 0.05) is 31.0 Å². The second-order valence-electron chi connectivity index (χ2n) is 5.12. The summed E-state index contributed by atoms with van der Waals surface area (Å²) in [6.07, 6.45) is 6.77. The van der Waals surface area contributed by atoms with Crippen molar-refractivity contribution in [3.8, 4) is 11.4 Å². The molecule has 0 radical (unpaired) electrons. The van der Waals surface area contributed by atoms with Gasteiger partial charge in [0.15, 0.2) is 10.6 Å². The molecule has 0 aromatic carbocycles. The summed E-state index contributed by atoms with van der Waals surface area (Å²) >= 11 is 5.25. The van der Waals surface area contributed by atoms with Crippen LogP contribution in [0.5, 0.6) is 0 Å². The van der Waals surface area contributed by atoms with Gasteiger partial charge in [-0.3, -0.25) is 19.4 Å². The predicted molar refractivity (Wildman–Crippen MR) is 81.1 cm³/mol. The first-order valence-corrected chi connectivity index (χ1v) is 7.50. The van der Waals surface area contributed by atoms with Crippen molar-refractivity contribution < 1.29 is 4.79 Å². The average Bonchev–Trinajstić information content (AvgIpc) is 2.90. The number of aromatic nitrogens is 4. The molecular weight excluding hydrogens is 286 g/mol. The van der Waals surface area contributed by atoms with Crippen LogP contribution in [0.1, 0.15) is 19.3 Å². The van der Waals surface area contributed by atoms with Gasteiger partial charge in [-0.15, -0.1) is 0 Å². The summed E-state index contributed by atoms with van der Waals surface area (Å²) in [6.45, 7) is 1.91. The molecule has 3 rings (SSSR count). The van der Waals surface area contributed by atoms with E-state index in [0.29, 0.717) is 10.6 Å². The minimum absolute atomic E-state index is 0.0995. The highest BCUT2D eigenvalue weighted by Gasteiger charge is 2.19. The van der Waals surface area contributed by atoms with E-state index in [9.17, 15) is 4.79 Å². The van der Waals surface area contributed by atoms with Crippen molar-refractivity contribution in [3.05, 3.63) is 29.3 Å². The van der Waals surface area contributed by atoms with E-state index in [0.717, 1.165) is 31.5 Å². The molecule has 0 spiro atoms. The smallest absolute Gasteiger partial charge is 0.242 e. The number of aromatic amines is 1. The van der Waals surface area contributed by atoms with E-state index in [1.54, 1.807) is 17.0 Å². The SMILES string of the molecule is O=C(Cn1c(-c2ccncc2)n[nH]c1=S)N1CCCCC1. The zero-order valence-electron chi connectivity index (χ0n) is 11.7. The molecule has 1 aliphatic rings. The minimum atomic E-state index is 0.0995. The number of hydrogen-bond acceptors (Lipinski definition) is 4.